The predicted octanol–water partition coefficient (Wildman–Crippen LogP) is 13.2. The minimum atomic E-state index is -5.97. The van der Waals surface area contributed by atoms with E-state index in [1.54, 1.807) is 0 Å². The Morgan fingerprint density at radius 2 is 1.06 bits per heavy atom. The summed E-state index contributed by atoms with van der Waals surface area (Å²) in [5.74, 6) is -7.79. The largest absolute Gasteiger partial charge is 0.527 e. The molecule has 0 radical (unpaired) electrons. The second-order valence-electron chi connectivity index (χ2n) is 15.1. The molecule has 3 aliphatic rings. The minimum absolute atomic E-state index is 0.0228. The molecule has 3 saturated carbocycles. The van der Waals surface area contributed by atoms with Gasteiger partial charge in [0.1, 0.15) is 34.6 Å². The van der Waals surface area contributed by atoms with Gasteiger partial charge in [-0.15, -0.1) is 13.2 Å². The molecule has 3 nitrogen and oxygen atoms in total. The number of hydrogen-bond donors (Lipinski definition) is 0. The van der Waals surface area contributed by atoms with Gasteiger partial charge in [-0.05, 0) is 125 Å². The highest BCUT2D eigenvalue weighted by Crippen LogP contribution is 2.48. The van der Waals surface area contributed by atoms with E-state index in [9.17, 15) is 39.5 Å². The maximum Gasteiger partial charge on any atom is 0.527 e. The molecule has 0 aliphatic heterocycles. The minimum Gasteiger partial charge on any atom is -0.432 e. The summed E-state index contributed by atoms with van der Waals surface area (Å²) in [7, 11) is 0. The van der Waals surface area contributed by atoms with Gasteiger partial charge in [-0.2, -0.15) is 17.6 Å². The van der Waals surface area contributed by atoms with Crippen molar-refractivity contribution in [1.82, 2.24) is 0 Å². The lowest BCUT2D eigenvalue weighted by Crippen LogP contribution is -2.38. The lowest BCUT2D eigenvalue weighted by atomic mass is 9.65. The second-order valence-corrected chi connectivity index (χ2v) is 15.1. The number of alkyl halides is 7. The van der Waals surface area contributed by atoms with Crippen LogP contribution in [0.4, 0.5) is 48.3 Å². The highest BCUT2D eigenvalue weighted by Gasteiger charge is 2.50. The first-order valence-corrected chi connectivity index (χ1v) is 18.8. The van der Waals surface area contributed by atoms with Crippen molar-refractivity contribution in [1.29, 1.82) is 0 Å². The molecule has 0 amide bonds. The number of benzene rings is 2. The first kappa shape index (κ1) is 41.6. The molecule has 2 aromatic rings. The van der Waals surface area contributed by atoms with Crippen LogP contribution in [0.25, 0.3) is 11.1 Å². The van der Waals surface area contributed by atoms with Crippen molar-refractivity contribution in [3.05, 3.63) is 53.1 Å². The van der Waals surface area contributed by atoms with Crippen molar-refractivity contribution >= 4 is 0 Å². The van der Waals surface area contributed by atoms with Gasteiger partial charge in [-0.3, -0.25) is 0 Å². The Morgan fingerprint density at radius 3 is 1.53 bits per heavy atom. The molecule has 0 saturated heterocycles. The van der Waals surface area contributed by atoms with E-state index in [-0.39, 0.29) is 25.0 Å². The van der Waals surface area contributed by atoms with Crippen LogP contribution in [-0.2, 0) is 15.6 Å². The molecule has 14 heteroatoms. The third kappa shape index (κ3) is 10.8. The van der Waals surface area contributed by atoms with Gasteiger partial charge in [0.2, 0.25) is 0 Å². The molecule has 5 rings (SSSR count). The molecule has 0 spiro atoms. The van der Waals surface area contributed by atoms with Crippen molar-refractivity contribution in [3.8, 4) is 16.9 Å². The fraction of sp³-hybridized carbons (Fsp3) is 0.692. The van der Waals surface area contributed by atoms with Crippen LogP contribution in [-0.4, -0.2) is 25.2 Å². The molecule has 0 N–H and O–H groups in total. The maximum atomic E-state index is 15.3. The molecule has 53 heavy (non-hydrogen) atoms. The fourth-order valence-corrected chi connectivity index (χ4v) is 8.84. The topological polar surface area (TPSA) is 27.7 Å². The molecule has 0 aromatic heterocycles. The van der Waals surface area contributed by atoms with Crippen LogP contribution in [0.15, 0.2) is 24.3 Å². The highest BCUT2D eigenvalue weighted by molar-refractivity contribution is 5.66. The number of rotatable bonds is 14. The Balaban J connectivity index is 1.11. The Hall–Kier alpha value is -2.61. The van der Waals surface area contributed by atoms with Crippen LogP contribution in [0, 0.1) is 52.9 Å². The Labute approximate surface area is 302 Å². The van der Waals surface area contributed by atoms with Crippen molar-refractivity contribution in [3.63, 3.8) is 0 Å². The molecule has 2 aromatic carbocycles. The summed E-state index contributed by atoms with van der Waals surface area (Å²) >= 11 is 0. The zero-order valence-corrected chi connectivity index (χ0v) is 29.7. The van der Waals surface area contributed by atoms with Crippen molar-refractivity contribution in [2.75, 3.05) is 6.61 Å². The lowest BCUT2D eigenvalue weighted by Gasteiger charge is -2.42. The number of hydrogen-bond acceptors (Lipinski definition) is 3. The van der Waals surface area contributed by atoms with E-state index in [0.717, 1.165) is 51.6 Å². The molecule has 298 valence electrons. The average molecular weight is 773 g/mol. The summed E-state index contributed by atoms with van der Waals surface area (Å²) in [6, 6.07) is 0.668. The van der Waals surface area contributed by atoms with Gasteiger partial charge in [0.05, 0.1) is 17.6 Å². The number of unbranched alkanes of at least 4 members (excludes halogenated alkanes) is 3. The van der Waals surface area contributed by atoms with Crippen LogP contribution in [0.2, 0.25) is 0 Å². The molecule has 0 atom stereocenters. The molecule has 0 unspecified atom stereocenters. The molecule has 3 aliphatic carbocycles. The highest BCUT2D eigenvalue weighted by atomic mass is 19.4. The van der Waals surface area contributed by atoms with Gasteiger partial charge in [-0.25, -0.2) is 22.3 Å². The fourth-order valence-electron chi connectivity index (χ4n) is 8.84. The van der Waals surface area contributed by atoms with Crippen molar-refractivity contribution < 1.29 is 62.5 Å². The normalized spacial score (nSPS) is 26.1. The van der Waals surface area contributed by atoms with Crippen LogP contribution in [0.5, 0.6) is 5.75 Å². The smallest absolute Gasteiger partial charge is 0.432 e. The zero-order valence-electron chi connectivity index (χ0n) is 29.7. The van der Waals surface area contributed by atoms with Gasteiger partial charge in [0, 0.05) is 18.7 Å². The van der Waals surface area contributed by atoms with Gasteiger partial charge in [0.25, 0.3) is 0 Å². The van der Waals surface area contributed by atoms with Crippen LogP contribution >= 0.6 is 0 Å². The quantitative estimate of drug-likeness (QED) is 0.141. The summed E-state index contributed by atoms with van der Waals surface area (Å²) in [5, 5.41) is 0. The van der Waals surface area contributed by atoms with E-state index in [4.69, 9.17) is 9.47 Å². The van der Waals surface area contributed by atoms with Crippen LogP contribution in [0.3, 0.4) is 0 Å². The zero-order chi connectivity index (χ0) is 38.6. The van der Waals surface area contributed by atoms with Gasteiger partial charge >= 0.3 is 18.6 Å². The molecular weight excluding hydrogens is 725 g/mol. The lowest BCUT2D eigenvalue weighted by molar-refractivity contribution is -0.432. The van der Waals surface area contributed by atoms with E-state index in [1.807, 2.05) is 0 Å². The Morgan fingerprint density at radius 1 is 0.585 bits per heavy atom. The monoisotopic (exact) mass is 772 g/mol. The van der Waals surface area contributed by atoms with E-state index >= 15 is 8.78 Å². The van der Waals surface area contributed by atoms with Crippen molar-refractivity contribution in [2.24, 2.45) is 29.6 Å². The summed E-state index contributed by atoms with van der Waals surface area (Å²) in [4.78, 5) is 0. The molecular formula is C39H47F11O3. The second kappa shape index (κ2) is 17.5. The number of halogens is 11. The molecule has 0 bridgehead atoms. The third-order valence-electron chi connectivity index (χ3n) is 11.6. The average Bonchev–Trinajstić information content (AvgIpc) is 3.06. The summed E-state index contributed by atoms with van der Waals surface area (Å²) in [6.07, 6.45) is 0.407. The SMILES string of the molecule is CCCCCCOC1CCC(C2CCC(C3CCC(C(F)(F)Oc4cc(F)c(-c5cc(F)c(C(F)(F)OC(F)(F)F)c(F)c5)c(F)c4)CC3)CC2)CC1. The standard InChI is InChI=1S/C39H47F11O3/c1-2-3-4-5-18-51-29-16-12-26(13-17-29)24-8-6-23(7-9-24)25-10-14-28(15-11-25)37(44,45)52-30-21-31(40)35(32(41)22-30)27-19-33(42)36(34(43)20-27)38(46,47)53-39(48,49)50/h19-26,28-29H,2-18H2,1H3. The van der Waals surface area contributed by atoms with E-state index in [1.165, 1.54) is 32.1 Å². The van der Waals surface area contributed by atoms with Gasteiger partial charge < -0.3 is 9.47 Å². The van der Waals surface area contributed by atoms with Gasteiger partial charge in [-0.1, -0.05) is 26.2 Å². The van der Waals surface area contributed by atoms with E-state index < -0.39 is 70.2 Å². The van der Waals surface area contributed by atoms with E-state index in [0.29, 0.717) is 54.7 Å². The summed E-state index contributed by atoms with van der Waals surface area (Å²) in [5.41, 5.74) is -4.65. The van der Waals surface area contributed by atoms with Crippen LogP contribution in [0.1, 0.15) is 115 Å². The predicted molar refractivity (Wildman–Crippen MR) is 175 cm³/mol. The van der Waals surface area contributed by atoms with Crippen molar-refractivity contribution in [2.45, 2.75) is 134 Å². The van der Waals surface area contributed by atoms with E-state index in [2.05, 4.69) is 11.7 Å². The summed E-state index contributed by atoms with van der Waals surface area (Å²) < 4.78 is 167. The third-order valence-corrected chi connectivity index (χ3v) is 11.6. The maximum absolute atomic E-state index is 15.3. The first-order chi connectivity index (χ1) is 25.0. The Bertz CT molecular complexity index is 1440. The Kier molecular flexibility index (Phi) is 13.7. The van der Waals surface area contributed by atoms with Crippen LogP contribution < -0.4 is 4.74 Å². The van der Waals surface area contributed by atoms with Gasteiger partial charge in [0.15, 0.2) is 0 Å². The first-order valence-electron chi connectivity index (χ1n) is 18.8. The molecule has 3 fully saturated rings. The number of ether oxygens (including phenoxy) is 3. The summed E-state index contributed by atoms with van der Waals surface area (Å²) in [6.45, 7) is 3.05. The molecule has 0 heterocycles.